The van der Waals surface area contributed by atoms with Crippen LogP contribution < -0.4 is 5.32 Å². The van der Waals surface area contributed by atoms with Crippen LogP contribution in [-0.4, -0.2) is 20.9 Å². The fourth-order valence-electron chi connectivity index (χ4n) is 1.30. The van der Waals surface area contributed by atoms with Crippen molar-refractivity contribution < 1.29 is 4.79 Å². The molecule has 0 aliphatic carbocycles. The van der Waals surface area contributed by atoms with Gasteiger partial charge in [0, 0.05) is 17.8 Å². The van der Waals surface area contributed by atoms with E-state index in [2.05, 4.69) is 34.1 Å². The van der Waals surface area contributed by atoms with E-state index in [4.69, 9.17) is 0 Å². The summed E-state index contributed by atoms with van der Waals surface area (Å²) >= 11 is 1.56. The minimum absolute atomic E-state index is 0.212. The first-order chi connectivity index (χ1) is 8.16. The zero-order chi connectivity index (χ0) is 12.3. The molecule has 0 spiro atoms. The predicted octanol–water partition coefficient (Wildman–Crippen LogP) is 1.92. The van der Waals surface area contributed by atoms with Crippen LogP contribution in [0.4, 0.5) is 0 Å². The average molecular weight is 250 g/mol. The summed E-state index contributed by atoms with van der Waals surface area (Å²) in [5, 5.41) is 5.71. The van der Waals surface area contributed by atoms with Gasteiger partial charge in [0.25, 0.3) is 5.91 Å². The number of thiazole rings is 1. The lowest BCUT2D eigenvalue weighted by Crippen LogP contribution is -2.23. The number of carbonyl (C=O) groups excluding carboxylic acids is 1. The van der Waals surface area contributed by atoms with Crippen molar-refractivity contribution in [2.24, 2.45) is 0 Å². The summed E-state index contributed by atoms with van der Waals surface area (Å²) in [5.41, 5.74) is 1.07. The molecule has 1 amide bonds. The maximum Gasteiger partial charge on any atom is 0.287 e. The summed E-state index contributed by atoms with van der Waals surface area (Å²) in [7, 11) is 0. The third kappa shape index (κ3) is 2.91. The van der Waals surface area contributed by atoms with Crippen LogP contribution in [0.25, 0.3) is 0 Å². The van der Waals surface area contributed by atoms with Crippen molar-refractivity contribution >= 4 is 17.2 Å². The Morgan fingerprint density at radius 2 is 2.41 bits per heavy atom. The molecule has 2 N–H and O–H groups in total. The Morgan fingerprint density at radius 3 is 3.00 bits per heavy atom. The van der Waals surface area contributed by atoms with Gasteiger partial charge in [-0.25, -0.2) is 9.97 Å². The first kappa shape index (κ1) is 11.8. The molecule has 2 heterocycles. The van der Waals surface area contributed by atoms with Gasteiger partial charge in [0.2, 0.25) is 0 Å². The number of carbonyl (C=O) groups is 1. The molecular formula is C11H14N4OS. The van der Waals surface area contributed by atoms with E-state index >= 15 is 0 Å². The fraction of sp³-hybridized carbons (Fsp3) is 0.364. The Bertz CT molecular complexity index is 489. The second-order valence-corrected chi connectivity index (χ2v) is 4.88. The molecule has 0 saturated carbocycles. The van der Waals surface area contributed by atoms with E-state index in [0.717, 1.165) is 10.7 Å². The molecule has 2 aromatic heterocycles. The molecule has 0 aliphatic heterocycles. The van der Waals surface area contributed by atoms with Gasteiger partial charge in [-0.1, -0.05) is 13.8 Å². The molecule has 0 bridgehead atoms. The Hall–Kier alpha value is -1.69. The number of nitrogens with zero attached hydrogens (tertiary/aromatic N) is 2. The SMILES string of the molecule is CC(C)c1csc(CNC(=O)c2ncc[nH]2)n1. The molecule has 0 aromatic carbocycles. The van der Waals surface area contributed by atoms with E-state index in [9.17, 15) is 4.79 Å². The molecule has 5 nitrogen and oxygen atoms in total. The van der Waals surface area contributed by atoms with Crippen LogP contribution in [0.2, 0.25) is 0 Å². The summed E-state index contributed by atoms with van der Waals surface area (Å²) in [6.45, 7) is 4.64. The lowest BCUT2D eigenvalue weighted by molar-refractivity contribution is 0.0941. The fourth-order valence-corrected chi connectivity index (χ4v) is 2.20. The van der Waals surface area contributed by atoms with Crippen molar-refractivity contribution in [2.45, 2.75) is 26.3 Å². The van der Waals surface area contributed by atoms with E-state index < -0.39 is 0 Å². The number of hydrogen-bond donors (Lipinski definition) is 2. The molecule has 0 atom stereocenters. The van der Waals surface area contributed by atoms with Gasteiger partial charge in [0.1, 0.15) is 5.01 Å². The third-order valence-electron chi connectivity index (χ3n) is 2.27. The first-order valence-electron chi connectivity index (χ1n) is 5.38. The lowest BCUT2D eigenvalue weighted by atomic mass is 10.2. The highest BCUT2D eigenvalue weighted by molar-refractivity contribution is 7.09. The molecule has 17 heavy (non-hydrogen) atoms. The summed E-state index contributed by atoms with van der Waals surface area (Å²) in [6.07, 6.45) is 3.17. The molecular weight excluding hydrogens is 236 g/mol. The molecule has 0 fully saturated rings. The van der Waals surface area contributed by atoms with E-state index in [-0.39, 0.29) is 5.91 Å². The molecule has 0 saturated heterocycles. The Labute approximate surface area is 103 Å². The van der Waals surface area contributed by atoms with Gasteiger partial charge < -0.3 is 10.3 Å². The van der Waals surface area contributed by atoms with Crippen molar-refractivity contribution in [3.05, 3.63) is 34.3 Å². The van der Waals surface area contributed by atoms with Gasteiger partial charge in [-0.15, -0.1) is 11.3 Å². The normalized spacial score (nSPS) is 10.8. The van der Waals surface area contributed by atoms with Gasteiger partial charge in [-0.05, 0) is 5.92 Å². The first-order valence-corrected chi connectivity index (χ1v) is 6.26. The highest BCUT2D eigenvalue weighted by Crippen LogP contribution is 2.17. The standard InChI is InChI=1S/C11H14N4OS/c1-7(2)8-6-17-9(15-8)5-14-11(16)10-12-3-4-13-10/h3-4,6-7H,5H2,1-2H3,(H,12,13)(H,14,16). The maximum absolute atomic E-state index is 11.6. The molecule has 0 unspecified atom stereocenters. The van der Waals surface area contributed by atoms with Gasteiger partial charge in [-0.3, -0.25) is 4.79 Å². The number of amides is 1. The summed E-state index contributed by atoms with van der Waals surface area (Å²) in [4.78, 5) is 22.7. The van der Waals surface area contributed by atoms with Gasteiger partial charge in [-0.2, -0.15) is 0 Å². The van der Waals surface area contributed by atoms with E-state index in [1.807, 2.05) is 5.38 Å². The Balaban J connectivity index is 1.91. The number of nitrogens with one attached hydrogen (secondary N) is 2. The van der Waals surface area contributed by atoms with Crippen LogP contribution in [0, 0.1) is 0 Å². The van der Waals surface area contributed by atoms with Crippen LogP contribution in [0.15, 0.2) is 17.8 Å². The average Bonchev–Trinajstić information content (AvgIpc) is 2.97. The maximum atomic E-state index is 11.6. The van der Waals surface area contributed by atoms with Crippen LogP contribution >= 0.6 is 11.3 Å². The quantitative estimate of drug-likeness (QED) is 0.871. The largest absolute Gasteiger partial charge is 0.343 e. The summed E-state index contributed by atoms with van der Waals surface area (Å²) in [5.74, 6) is 0.530. The topological polar surface area (TPSA) is 70.7 Å². The zero-order valence-corrected chi connectivity index (χ0v) is 10.5. The van der Waals surface area contributed by atoms with Crippen molar-refractivity contribution in [2.75, 3.05) is 0 Å². The highest BCUT2D eigenvalue weighted by atomic mass is 32.1. The zero-order valence-electron chi connectivity index (χ0n) is 9.73. The highest BCUT2D eigenvalue weighted by Gasteiger charge is 2.09. The van der Waals surface area contributed by atoms with Crippen LogP contribution in [-0.2, 0) is 6.54 Å². The Morgan fingerprint density at radius 1 is 1.59 bits per heavy atom. The van der Waals surface area contributed by atoms with E-state index in [1.165, 1.54) is 0 Å². The third-order valence-corrected chi connectivity index (χ3v) is 3.14. The molecule has 90 valence electrons. The minimum Gasteiger partial charge on any atom is -0.343 e. The molecule has 0 radical (unpaired) electrons. The number of aromatic amines is 1. The van der Waals surface area contributed by atoms with Gasteiger partial charge in [0.15, 0.2) is 5.82 Å². The van der Waals surface area contributed by atoms with Crippen molar-refractivity contribution in [1.29, 1.82) is 0 Å². The van der Waals surface area contributed by atoms with E-state index in [1.54, 1.807) is 23.7 Å². The predicted molar refractivity (Wildman–Crippen MR) is 66.0 cm³/mol. The smallest absolute Gasteiger partial charge is 0.287 e. The number of aromatic nitrogens is 3. The molecule has 6 heteroatoms. The second kappa shape index (κ2) is 5.09. The Kier molecular flexibility index (Phi) is 3.53. The van der Waals surface area contributed by atoms with Crippen molar-refractivity contribution in [1.82, 2.24) is 20.3 Å². The van der Waals surface area contributed by atoms with Crippen molar-refractivity contribution in [3.8, 4) is 0 Å². The number of rotatable bonds is 4. The molecule has 2 aromatic rings. The van der Waals surface area contributed by atoms with E-state index in [0.29, 0.717) is 18.3 Å². The van der Waals surface area contributed by atoms with Gasteiger partial charge in [0.05, 0.1) is 12.2 Å². The van der Waals surface area contributed by atoms with Crippen LogP contribution in [0.5, 0.6) is 0 Å². The number of imidazole rings is 1. The second-order valence-electron chi connectivity index (χ2n) is 3.94. The van der Waals surface area contributed by atoms with Crippen LogP contribution in [0.3, 0.4) is 0 Å². The molecule has 0 aliphatic rings. The van der Waals surface area contributed by atoms with Gasteiger partial charge >= 0.3 is 0 Å². The summed E-state index contributed by atoms with van der Waals surface area (Å²) in [6, 6.07) is 0. The minimum atomic E-state index is -0.212. The lowest BCUT2D eigenvalue weighted by Gasteiger charge is -2.00. The van der Waals surface area contributed by atoms with Crippen LogP contribution in [0.1, 0.15) is 41.1 Å². The number of hydrogen-bond acceptors (Lipinski definition) is 4. The summed E-state index contributed by atoms with van der Waals surface area (Å²) < 4.78 is 0. The van der Waals surface area contributed by atoms with Crippen molar-refractivity contribution in [3.63, 3.8) is 0 Å². The monoisotopic (exact) mass is 250 g/mol. The number of H-pyrrole nitrogens is 1. The molecule has 2 rings (SSSR count).